The zero-order valence-corrected chi connectivity index (χ0v) is 7.95. The van der Waals surface area contributed by atoms with Crippen molar-refractivity contribution in [1.82, 2.24) is 4.98 Å². The van der Waals surface area contributed by atoms with Gasteiger partial charge in [-0.05, 0) is 0 Å². The molecule has 0 unspecified atom stereocenters. The standard InChI is InChI=1S/C11H6F3NO/c12-7-1-8(13)3-10(2-7)16-11-4-9(14)5-15-6-11/h1-6H. The molecular formula is C11H6F3NO. The van der Waals surface area contributed by atoms with Gasteiger partial charge in [0.2, 0.25) is 0 Å². The van der Waals surface area contributed by atoms with Gasteiger partial charge in [0.15, 0.2) is 0 Å². The third-order valence-corrected chi connectivity index (χ3v) is 1.75. The molecule has 1 aromatic heterocycles. The summed E-state index contributed by atoms with van der Waals surface area (Å²) in [6, 6.07) is 3.77. The van der Waals surface area contributed by atoms with E-state index in [4.69, 9.17) is 4.74 Å². The maximum Gasteiger partial charge on any atom is 0.148 e. The first-order valence-electron chi connectivity index (χ1n) is 4.38. The molecule has 5 heteroatoms. The van der Waals surface area contributed by atoms with Gasteiger partial charge in [0.25, 0.3) is 0 Å². The molecule has 0 N–H and O–H groups in total. The molecule has 0 amide bonds. The zero-order chi connectivity index (χ0) is 11.5. The topological polar surface area (TPSA) is 22.1 Å². The van der Waals surface area contributed by atoms with E-state index < -0.39 is 17.5 Å². The first kappa shape index (κ1) is 10.5. The lowest BCUT2D eigenvalue weighted by atomic mass is 10.3. The van der Waals surface area contributed by atoms with Crippen LogP contribution in [0.15, 0.2) is 36.7 Å². The van der Waals surface area contributed by atoms with Gasteiger partial charge in [0.1, 0.15) is 29.0 Å². The second kappa shape index (κ2) is 4.22. The number of aromatic nitrogens is 1. The molecule has 0 saturated heterocycles. The van der Waals surface area contributed by atoms with Crippen LogP contribution in [-0.2, 0) is 0 Å². The average molecular weight is 225 g/mol. The highest BCUT2D eigenvalue weighted by Crippen LogP contribution is 2.22. The van der Waals surface area contributed by atoms with E-state index in [1.54, 1.807) is 0 Å². The third-order valence-electron chi connectivity index (χ3n) is 1.75. The number of rotatable bonds is 2. The molecule has 0 fully saturated rings. The van der Waals surface area contributed by atoms with Gasteiger partial charge >= 0.3 is 0 Å². The normalized spacial score (nSPS) is 10.2. The number of hydrogen-bond acceptors (Lipinski definition) is 2. The van der Waals surface area contributed by atoms with Crippen molar-refractivity contribution in [3.63, 3.8) is 0 Å². The monoisotopic (exact) mass is 225 g/mol. The van der Waals surface area contributed by atoms with Crippen molar-refractivity contribution in [2.45, 2.75) is 0 Å². The average Bonchev–Trinajstić information content (AvgIpc) is 2.15. The van der Waals surface area contributed by atoms with Crippen molar-refractivity contribution in [2.75, 3.05) is 0 Å². The molecule has 16 heavy (non-hydrogen) atoms. The van der Waals surface area contributed by atoms with Crippen molar-refractivity contribution in [2.24, 2.45) is 0 Å². The predicted octanol–water partition coefficient (Wildman–Crippen LogP) is 3.29. The van der Waals surface area contributed by atoms with Crippen LogP contribution in [0.4, 0.5) is 13.2 Å². The van der Waals surface area contributed by atoms with Gasteiger partial charge in [0.05, 0.1) is 12.4 Å². The van der Waals surface area contributed by atoms with Gasteiger partial charge in [-0.3, -0.25) is 4.98 Å². The van der Waals surface area contributed by atoms with Crippen LogP contribution in [0.3, 0.4) is 0 Å². The molecule has 0 spiro atoms. The first-order valence-corrected chi connectivity index (χ1v) is 4.38. The van der Waals surface area contributed by atoms with Crippen LogP contribution >= 0.6 is 0 Å². The van der Waals surface area contributed by atoms with Crippen LogP contribution in [0, 0.1) is 17.5 Å². The molecule has 0 atom stereocenters. The Morgan fingerprint density at radius 2 is 1.38 bits per heavy atom. The van der Waals surface area contributed by atoms with E-state index in [0.29, 0.717) is 0 Å². The summed E-state index contributed by atoms with van der Waals surface area (Å²) in [5.74, 6) is -2.09. The van der Waals surface area contributed by atoms with Crippen LogP contribution in [0.25, 0.3) is 0 Å². The van der Waals surface area contributed by atoms with Gasteiger partial charge in [-0.2, -0.15) is 0 Å². The van der Waals surface area contributed by atoms with Crippen LogP contribution in [0.5, 0.6) is 11.5 Å². The molecule has 0 aliphatic carbocycles. The molecule has 82 valence electrons. The molecule has 0 radical (unpaired) electrons. The summed E-state index contributed by atoms with van der Waals surface area (Å²) in [4.78, 5) is 3.54. The summed E-state index contributed by atoms with van der Waals surface area (Å²) in [6.07, 6.45) is 2.24. The highest BCUT2D eigenvalue weighted by Gasteiger charge is 2.03. The summed E-state index contributed by atoms with van der Waals surface area (Å²) in [7, 11) is 0. The smallest absolute Gasteiger partial charge is 0.148 e. The van der Waals surface area contributed by atoms with Gasteiger partial charge in [-0.1, -0.05) is 0 Å². The van der Waals surface area contributed by atoms with E-state index in [1.165, 1.54) is 6.20 Å². The molecule has 0 saturated carbocycles. The lowest BCUT2D eigenvalue weighted by Crippen LogP contribution is -1.89. The van der Waals surface area contributed by atoms with Crippen molar-refractivity contribution in [3.8, 4) is 11.5 Å². The molecule has 1 heterocycles. The van der Waals surface area contributed by atoms with Crippen molar-refractivity contribution in [1.29, 1.82) is 0 Å². The quantitative estimate of drug-likeness (QED) is 0.782. The summed E-state index contributed by atoms with van der Waals surface area (Å²) in [5, 5.41) is 0. The van der Waals surface area contributed by atoms with Crippen LogP contribution in [0.2, 0.25) is 0 Å². The van der Waals surface area contributed by atoms with Crippen LogP contribution in [-0.4, -0.2) is 4.98 Å². The zero-order valence-electron chi connectivity index (χ0n) is 7.95. The van der Waals surface area contributed by atoms with Crippen molar-refractivity contribution >= 4 is 0 Å². The molecule has 2 aromatic rings. The lowest BCUT2D eigenvalue weighted by Gasteiger charge is -2.05. The van der Waals surface area contributed by atoms with E-state index in [9.17, 15) is 13.2 Å². The summed E-state index contributed by atoms with van der Waals surface area (Å²) in [5.41, 5.74) is 0. The number of halogens is 3. The number of hydrogen-bond donors (Lipinski definition) is 0. The van der Waals surface area contributed by atoms with Gasteiger partial charge in [-0.15, -0.1) is 0 Å². The minimum Gasteiger partial charge on any atom is -0.455 e. The summed E-state index contributed by atoms with van der Waals surface area (Å²) >= 11 is 0. The second-order valence-electron chi connectivity index (χ2n) is 3.05. The van der Waals surface area contributed by atoms with Crippen LogP contribution < -0.4 is 4.74 Å². The Balaban J connectivity index is 2.27. The molecule has 0 aliphatic rings. The van der Waals surface area contributed by atoms with Gasteiger partial charge in [0, 0.05) is 24.3 Å². The number of nitrogens with zero attached hydrogens (tertiary/aromatic N) is 1. The molecular weight excluding hydrogens is 219 g/mol. The molecule has 1 aromatic carbocycles. The molecule has 0 aliphatic heterocycles. The Labute approximate surface area is 89.3 Å². The maximum atomic E-state index is 12.8. The van der Waals surface area contributed by atoms with E-state index in [0.717, 1.165) is 30.5 Å². The fraction of sp³-hybridized carbons (Fsp3) is 0. The highest BCUT2D eigenvalue weighted by molar-refractivity contribution is 5.30. The van der Waals surface area contributed by atoms with E-state index in [-0.39, 0.29) is 11.5 Å². The predicted molar refractivity (Wildman–Crippen MR) is 50.6 cm³/mol. The van der Waals surface area contributed by atoms with E-state index in [1.807, 2.05) is 0 Å². The summed E-state index contributed by atoms with van der Waals surface area (Å²) < 4.78 is 43.4. The summed E-state index contributed by atoms with van der Waals surface area (Å²) in [6.45, 7) is 0. The maximum absolute atomic E-state index is 12.8. The minimum atomic E-state index is -0.764. The fourth-order valence-electron chi connectivity index (χ4n) is 1.17. The molecule has 0 bridgehead atoms. The Hall–Kier alpha value is -2.04. The number of ether oxygens (including phenoxy) is 1. The van der Waals surface area contributed by atoms with E-state index in [2.05, 4.69) is 4.98 Å². The Morgan fingerprint density at radius 1 is 0.750 bits per heavy atom. The Kier molecular flexibility index (Phi) is 2.76. The molecule has 2 rings (SSSR count). The van der Waals surface area contributed by atoms with Gasteiger partial charge in [-0.25, -0.2) is 13.2 Å². The largest absolute Gasteiger partial charge is 0.455 e. The van der Waals surface area contributed by atoms with Crippen molar-refractivity contribution < 1.29 is 17.9 Å². The van der Waals surface area contributed by atoms with Gasteiger partial charge < -0.3 is 4.74 Å². The lowest BCUT2D eigenvalue weighted by molar-refractivity contribution is 0.461. The highest BCUT2D eigenvalue weighted by atomic mass is 19.1. The number of pyridine rings is 1. The third kappa shape index (κ3) is 2.50. The van der Waals surface area contributed by atoms with Crippen molar-refractivity contribution in [3.05, 3.63) is 54.1 Å². The Morgan fingerprint density at radius 3 is 2.00 bits per heavy atom. The second-order valence-corrected chi connectivity index (χ2v) is 3.05. The van der Waals surface area contributed by atoms with E-state index >= 15 is 0 Å². The number of benzene rings is 1. The Bertz CT molecular complexity index is 496. The van der Waals surface area contributed by atoms with Crippen LogP contribution in [0.1, 0.15) is 0 Å². The first-order chi connectivity index (χ1) is 7.63. The molecule has 2 nitrogen and oxygen atoms in total. The SMILES string of the molecule is Fc1cncc(Oc2cc(F)cc(F)c2)c1. The minimum absolute atomic E-state index is 0.0510. The fourth-order valence-corrected chi connectivity index (χ4v) is 1.17.